The van der Waals surface area contributed by atoms with E-state index in [0.29, 0.717) is 37.5 Å². The quantitative estimate of drug-likeness (QED) is 0.459. The molecule has 1 aliphatic rings. The first-order valence-electron chi connectivity index (χ1n) is 11.3. The van der Waals surface area contributed by atoms with Crippen molar-refractivity contribution in [1.29, 1.82) is 0 Å². The topological polar surface area (TPSA) is 48.0 Å². The molecule has 1 heterocycles. The number of halogens is 1. The first-order valence-corrected chi connectivity index (χ1v) is 11.3. The molecule has 0 N–H and O–H groups in total. The third-order valence-electron chi connectivity index (χ3n) is 5.66. The van der Waals surface area contributed by atoms with E-state index in [1.54, 1.807) is 17.0 Å². The van der Waals surface area contributed by atoms with Gasteiger partial charge < -0.3 is 19.1 Å². The van der Waals surface area contributed by atoms with E-state index in [2.05, 4.69) is 0 Å². The Hall–Kier alpha value is -3.54. The minimum atomic E-state index is -0.429. The summed E-state index contributed by atoms with van der Waals surface area (Å²) >= 11 is 0. The number of nitrogens with zero attached hydrogens (tertiary/aromatic N) is 1. The second-order valence-corrected chi connectivity index (χ2v) is 7.78. The Balaban J connectivity index is 1.60. The Bertz CT molecular complexity index is 1100. The zero-order valence-electron chi connectivity index (χ0n) is 18.9. The van der Waals surface area contributed by atoms with E-state index in [1.807, 2.05) is 56.3 Å². The molecule has 172 valence electrons. The highest BCUT2D eigenvalue weighted by molar-refractivity contribution is 5.94. The van der Waals surface area contributed by atoms with Gasteiger partial charge in [0.1, 0.15) is 29.7 Å². The Labute approximate surface area is 193 Å². The van der Waals surface area contributed by atoms with Gasteiger partial charge in [0.05, 0.1) is 19.3 Å². The number of benzene rings is 3. The summed E-state index contributed by atoms with van der Waals surface area (Å²) in [6, 6.07) is 18.9. The Morgan fingerprint density at radius 3 is 2.27 bits per heavy atom. The van der Waals surface area contributed by atoms with Gasteiger partial charge in [0, 0.05) is 12.1 Å². The molecule has 0 saturated heterocycles. The molecule has 0 fully saturated rings. The summed E-state index contributed by atoms with van der Waals surface area (Å²) in [6.45, 7) is 5.86. The molecule has 1 unspecified atom stereocenters. The molecule has 0 saturated carbocycles. The maximum atomic E-state index is 13.8. The van der Waals surface area contributed by atoms with Crippen molar-refractivity contribution in [2.45, 2.75) is 26.3 Å². The SMILES string of the molecule is CCOc1ccc(OCC2c3ccc(OCC)cc3CCN2C(=O)c2cccc(F)c2)cc1. The molecule has 0 bridgehead atoms. The van der Waals surface area contributed by atoms with Gasteiger partial charge in [-0.2, -0.15) is 0 Å². The lowest BCUT2D eigenvalue weighted by Gasteiger charge is -2.37. The van der Waals surface area contributed by atoms with Crippen molar-refractivity contribution < 1.29 is 23.4 Å². The first-order chi connectivity index (χ1) is 16.1. The molecule has 3 aromatic rings. The lowest BCUT2D eigenvalue weighted by atomic mass is 9.92. The fourth-order valence-corrected chi connectivity index (χ4v) is 4.13. The van der Waals surface area contributed by atoms with E-state index < -0.39 is 5.82 Å². The van der Waals surface area contributed by atoms with Crippen LogP contribution in [-0.4, -0.2) is 37.2 Å². The molecule has 0 spiro atoms. The predicted octanol–water partition coefficient (Wildman–Crippen LogP) is 5.44. The van der Waals surface area contributed by atoms with Crippen LogP contribution in [-0.2, 0) is 6.42 Å². The number of ether oxygens (including phenoxy) is 3. The molecule has 4 rings (SSSR count). The van der Waals surface area contributed by atoms with Crippen LogP contribution in [0.15, 0.2) is 66.7 Å². The van der Waals surface area contributed by atoms with Gasteiger partial charge in [-0.3, -0.25) is 4.79 Å². The zero-order valence-corrected chi connectivity index (χ0v) is 18.9. The number of hydrogen-bond acceptors (Lipinski definition) is 4. The van der Waals surface area contributed by atoms with Crippen LogP contribution in [0.25, 0.3) is 0 Å². The van der Waals surface area contributed by atoms with Gasteiger partial charge in [0.2, 0.25) is 0 Å². The average Bonchev–Trinajstić information content (AvgIpc) is 2.83. The minimum Gasteiger partial charge on any atom is -0.494 e. The molecule has 0 aliphatic carbocycles. The predicted molar refractivity (Wildman–Crippen MR) is 125 cm³/mol. The Morgan fingerprint density at radius 1 is 0.909 bits per heavy atom. The van der Waals surface area contributed by atoms with Crippen LogP contribution >= 0.6 is 0 Å². The number of rotatable bonds is 8. The van der Waals surface area contributed by atoms with Crippen LogP contribution in [0.3, 0.4) is 0 Å². The normalized spacial score (nSPS) is 15.0. The van der Waals surface area contributed by atoms with Crippen molar-refractivity contribution in [3.05, 3.63) is 89.2 Å². The molecule has 1 amide bonds. The van der Waals surface area contributed by atoms with Crippen LogP contribution in [0.5, 0.6) is 17.2 Å². The van der Waals surface area contributed by atoms with E-state index in [1.165, 1.54) is 12.1 Å². The molecule has 0 radical (unpaired) electrons. The van der Waals surface area contributed by atoms with E-state index in [-0.39, 0.29) is 18.6 Å². The maximum Gasteiger partial charge on any atom is 0.254 e. The number of carbonyl (C=O) groups is 1. The smallest absolute Gasteiger partial charge is 0.254 e. The lowest BCUT2D eigenvalue weighted by molar-refractivity contribution is 0.0589. The molecule has 5 nitrogen and oxygen atoms in total. The van der Waals surface area contributed by atoms with E-state index >= 15 is 0 Å². The second kappa shape index (κ2) is 10.4. The molecule has 3 aromatic carbocycles. The monoisotopic (exact) mass is 449 g/mol. The zero-order chi connectivity index (χ0) is 23.2. The number of carbonyl (C=O) groups excluding carboxylic acids is 1. The van der Waals surface area contributed by atoms with Gasteiger partial charge >= 0.3 is 0 Å². The highest BCUT2D eigenvalue weighted by atomic mass is 19.1. The van der Waals surface area contributed by atoms with Gasteiger partial charge in [0.15, 0.2) is 0 Å². The highest BCUT2D eigenvalue weighted by Crippen LogP contribution is 2.34. The van der Waals surface area contributed by atoms with E-state index in [0.717, 1.165) is 22.6 Å². The van der Waals surface area contributed by atoms with Gasteiger partial charge in [-0.05, 0) is 86.0 Å². The largest absolute Gasteiger partial charge is 0.494 e. The average molecular weight is 450 g/mol. The second-order valence-electron chi connectivity index (χ2n) is 7.78. The van der Waals surface area contributed by atoms with Crippen LogP contribution in [0.2, 0.25) is 0 Å². The van der Waals surface area contributed by atoms with Gasteiger partial charge in [-0.25, -0.2) is 4.39 Å². The Kier molecular flexibility index (Phi) is 7.13. The van der Waals surface area contributed by atoms with Crippen LogP contribution in [0.1, 0.15) is 41.4 Å². The van der Waals surface area contributed by atoms with Crippen molar-refractivity contribution in [2.24, 2.45) is 0 Å². The molecule has 6 heteroatoms. The van der Waals surface area contributed by atoms with Crippen molar-refractivity contribution in [3.8, 4) is 17.2 Å². The summed E-state index contributed by atoms with van der Waals surface area (Å²) < 4.78 is 31.0. The number of amides is 1. The molecule has 0 aromatic heterocycles. The van der Waals surface area contributed by atoms with Crippen LogP contribution in [0, 0.1) is 5.82 Å². The third kappa shape index (κ3) is 5.28. The van der Waals surface area contributed by atoms with Crippen molar-refractivity contribution >= 4 is 5.91 Å². The maximum absolute atomic E-state index is 13.8. The summed E-state index contributed by atoms with van der Waals surface area (Å²) in [4.78, 5) is 15.1. The summed E-state index contributed by atoms with van der Waals surface area (Å²) in [5.74, 6) is 1.64. The van der Waals surface area contributed by atoms with Crippen molar-refractivity contribution in [2.75, 3.05) is 26.4 Å². The van der Waals surface area contributed by atoms with Crippen LogP contribution in [0.4, 0.5) is 4.39 Å². The van der Waals surface area contributed by atoms with Crippen LogP contribution < -0.4 is 14.2 Å². The summed E-state index contributed by atoms with van der Waals surface area (Å²) in [7, 11) is 0. The fraction of sp³-hybridized carbons (Fsp3) is 0.296. The minimum absolute atomic E-state index is 0.214. The molecular weight excluding hydrogens is 421 g/mol. The summed E-state index contributed by atoms with van der Waals surface area (Å²) in [5.41, 5.74) is 2.47. The highest BCUT2D eigenvalue weighted by Gasteiger charge is 2.32. The van der Waals surface area contributed by atoms with E-state index in [4.69, 9.17) is 14.2 Å². The molecule has 1 aliphatic heterocycles. The standard InChI is InChI=1S/C27H28FNO4/c1-3-31-22-8-10-23(11-9-22)33-18-26-25-13-12-24(32-4-2)17-19(25)14-15-29(26)27(30)20-6-5-7-21(28)16-20/h5-13,16-17,26H,3-4,14-15,18H2,1-2H3. The molecular formula is C27H28FNO4. The summed E-state index contributed by atoms with van der Waals surface area (Å²) in [5, 5.41) is 0. The fourth-order valence-electron chi connectivity index (χ4n) is 4.13. The number of fused-ring (bicyclic) bond motifs is 1. The van der Waals surface area contributed by atoms with E-state index in [9.17, 15) is 9.18 Å². The number of hydrogen-bond donors (Lipinski definition) is 0. The van der Waals surface area contributed by atoms with Crippen molar-refractivity contribution in [3.63, 3.8) is 0 Å². The first kappa shape index (κ1) is 22.6. The van der Waals surface area contributed by atoms with Gasteiger partial charge in [-0.15, -0.1) is 0 Å². The van der Waals surface area contributed by atoms with Gasteiger partial charge in [-0.1, -0.05) is 12.1 Å². The molecule has 33 heavy (non-hydrogen) atoms. The van der Waals surface area contributed by atoms with Crippen molar-refractivity contribution in [1.82, 2.24) is 4.90 Å². The Morgan fingerprint density at radius 2 is 1.58 bits per heavy atom. The van der Waals surface area contributed by atoms with Gasteiger partial charge in [0.25, 0.3) is 5.91 Å². The third-order valence-corrected chi connectivity index (χ3v) is 5.66. The summed E-state index contributed by atoms with van der Waals surface area (Å²) in [6.07, 6.45) is 0.691. The lowest BCUT2D eigenvalue weighted by Crippen LogP contribution is -2.42. The molecule has 1 atom stereocenters.